The summed E-state index contributed by atoms with van der Waals surface area (Å²) >= 11 is 0. The van der Waals surface area contributed by atoms with E-state index in [1.54, 1.807) is 7.11 Å². The average Bonchev–Trinajstić information content (AvgIpc) is 2.44. The largest absolute Gasteiger partial charge is 0.495 e. The van der Waals surface area contributed by atoms with Crippen molar-refractivity contribution in [2.24, 2.45) is 0 Å². The molecule has 0 aliphatic carbocycles. The Kier molecular flexibility index (Phi) is 5.34. The minimum Gasteiger partial charge on any atom is -0.495 e. The summed E-state index contributed by atoms with van der Waals surface area (Å²) in [7, 11) is 1.56. The first-order valence-electron chi connectivity index (χ1n) is 6.41. The molecule has 1 aromatic carbocycles. The van der Waals surface area contributed by atoms with Gasteiger partial charge in [-0.2, -0.15) is 5.26 Å². The number of aliphatic hydroxyl groups excluding tert-OH is 1. The van der Waals surface area contributed by atoms with Crippen LogP contribution in [0.1, 0.15) is 31.9 Å². The Hall–Kier alpha value is -1.57. The van der Waals surface area contributed by atoms with Gasteiger partial charge in [-0.1, -0.05) is 13.0 Å². The van der Waals surface area contributed by atoms with Crippen molar-refractivity contribution in [1.82, 2.24) is 4.90 Å². The number of rotatable bonds is 6. The van der Waals surface area contributed by atoms with E-state index in [0.29, 0.717) is 17.9 Å². The lowest BCUT2D eigenvalue weighted by molar-refractivity contribution is 0.0551. The van der Waals surface area contributed by atoms with Gasteiger partial charge in [0.25, 0.3) is 0 Å². The van der Waals surface area contributed by atoms with Gasteiger partial charge in [-0.15, -0.1) is 0 Å². The standard InChI is InChI=1S/C15H22N2O2/c1-5-17(15(2,3)11-18)10-12-6-7-14(19-4)13(8-12)9-16/h6-8,18H,5,10-11H2,1-4H3. The summed E-state index contributed by atoms with van der Waals surface area (Å²) in [5.74, 6) is 0.593. The Morgan fingerprint density at radius 3 is 2.58 bits per heavy atom. The van der Waals surface area contributed by atoms with E-state index < -0.39 is 0 Å². The highest BCUT2D eigenvalue weighted by molar-refractivity contribution is 5.45. The molecule has 0 atom stereocenters. The molecule has 104 valence electrons. The van der Waals surface area contributed by atoms with E-state index in [2.05, 4.69) is 17.9 Å². The first-order valence-corrected chi connectivity index (χ1v) is 6.41. The topological polar surface area (TPSA) is 56.5 Å². The van der Waals surface area contributed by atoms with E-state index in [1.807, 2.05) is 32.0 Å². The van der Waals surface area contributed by atoms with Gasteiger partial charge in [0.15, 0.2) is 0 Å². The number of likely N-dealkylation sites (N-methyl/N-ethyl adjacent to an activating group) is 1. The quantitative estimate of drug-likeness (QED) is 0.853. The van der Waals surface area contributed by atoms with E-state index in [0.717, 1.165) is 12.1 Å². The molecule has 0 aliphatic heterocycles. The molecule has 0 aliphatic rings. The molecule has 0 heterocycles. The Labute approximate surface area is 115 Å². The van der Waals surface area contributed by atoms with E-state index in [4.69, 9.17) is 10.00 Å². The molecule has 0 spiro atoms. The zero-order valence-electron chi connectivity index (χ0n) is 12.1. The first kappa shape index (κ1) is 15.5. The summed E-state index contributed by atoms with van der Waals surface area (Å²) in [5, 5.41) is 18.5. The predicted octanol–water partition coefficient (Wildman–Crippen LogP) is 2.16. The van der Waals surface area contributed by atoms with E-state index in [-0.39, 0.29) is 12.1 Å². The summed E-state index contributed by atoms with van der Waals surface area (Å²) in [6.45, 7) is 7.70. The third-order valence-electron chi connectivity index (χ3n) is 3.38. The molecule has 0 saturated carbocycles. The highest BCUT2D eigenvalue weighted by atomic mass is 16.5. The van der Waals surface area contributed by atoms with Gasteiger partial charge in [0.1, 0.15) is 11.8 Å². The van der Waals surface area contributed by atoms with E-state index in [1.165, 1.54) is 0 Å². The molecule has 0 radical (unpaired) electrons. The zero-order valence-corrected chi connectivity index (χ0v) is 12.1. The number of aliphatic hydroxyl groups is 1. The summed E-state index contributed by atoms with van der Waals surface area (Å²) in [6.07, 6.45) is 0. The molecule has 0 amide bonds. The van der Waals surface area contributed by atoms with Gasteiger partial charge in [0, 0.05) is 12.1 Å². The molecule has 0 saturated heterocycles. The molecule has 19 heavy (non-hydrogen) atoms. The summed E-state index contributed by atoms with van der Waals surface area (Å²) in [6, 6.07) is 7.75. The number of nitrogens with zero attached hydrogens (tertiary/aromatic N) is 2. The Balaban J connectivity index is 2.96. The van der Waals surface area contributed by atoms with Gasteiger partial charge in [-0.3, -0.25) is 4.90 Å². The van der Waals surface area contributed by atoms with Crippen molar-refractivity contribution in [3.63, 3.8) is 0 Å². The second kappa shape index (κ2) is 6.55. The molecule has 4 nitrogen and oxygen atoms in total. The van der Waals surface area contributed by atoms with Crippen molar-refractivity contribution in [1.29, 1.82) is 5.26 Å². The van der Waals surface area contributed by atoms with Crippen LogP contribution < -0.4 is 4.74 Å². The Bertz CT molecular complexity index is 464. The fourth-order valence-corrected chi connectivity index (χ4v) is 2.02. The normalized spacial score (nSPS) is 11.4. The van der Waals surface area contributed by atoms with Crippen molar-refractivity contribution in [2.45, 2.75) is 32.9 Å². The van der Waals surface area contributed by atoms with E-state index in [9.17, 15) is 5.11 Å². The van der Waals surface area contributed by atoms with Crippen molar-refractivity contribution >= 4 is 0 Å². The number of ether oxygens (including phenoxy) is 1. The number of nitriles is 1. The average molecular weight is 262 g/mol. The van der Waals surface area contributed by atoms with Crippen molar-refractivity contribution in [3.05, 3.63) is 29.3 Å². The SMILES string of the molecule is CCN(Cc1ccc(OC)c(C#N)c1)C(C)(C)CO. The van der Waals surface area contributed by atoms with Gasteiger partial charge < -0.3 is 9.84 Å². The zero-order chi connectivity index (χ0) is 14.5. The molecule has 4 heteroatoms. The van der Waals surface area contributed by atoms with Crippen LogP contribution in [0.25, 0.3) is 0 Å². The minimum absolute atomic E-state index is 0.0993. The number of hydrogen-bond donors (Lipinski definition) is 1. The Morgan fingerprint density at radius 1 is 1.42 bits per heavy atom. The van der Waals surface area contributed by atoms with Gasteiger partial charge in [-0.25, -0.2) is 0 Å². The molecular formula is C15H22N2O2. The summed E-state index contributed by atoms with van der Waals surface area (Å²) in [4.78, 5) is 2.18. The molecule has 0 bridgehead atoms. The summed E-state index contributed by atoms with van der Waals surface area (Å²) in [5.41, 5.74) is 1.31. The lowest BCUT2D eigenvalue weighted by atomic mass is 10.0. The number of benzene rings is 1. The van der Waals surface area contributed by atoms with Crippen LogP contribution in [0.2, 0.25) is 0 Å². The lowest BCUT2D eigenvalue weighted by Crippen LogP contribution is -2.46. The lowest BCUT2D eigenvalue weighted by Gasteiger charge is -2.36. The van der Waals surface area contributed by atoms with Gasteiger partial charge >= 0.3 is 0 Å². The Morgan fingerprint density at radius 2 is 2.11 bits per heavy atom. The second-order valence-electron chi connectivity index (χ2n) is 5.13. The molecular weight excluding hydrogens is 240 g/mol. The summed E-state index contributed by atoms with van der Waals surface area (Å²) < 4.78 is 5.13. The molecule has 1 rings (SSSR count). The third-order valence-corrected chi connectivity index (χ3v) is 3.38. The third kappa shape index (κ3) is 3.69. The van der Waals surface area contributed by atoms with Crippen LogP contribution in [0.15, 0.2) is 18.2 Å². The first-order chi connectivity index (χ1) is 8.98. The van der Waals surface area contributed by atoms with Crippen LogP contribution in [0.3, 0.4) is 0 Å². The maximum Gasteiger partial charge on any atom is 0.136 e. The highest BCUT2D eigenvalue weighted by Crippen LogP contribution is 2.22. The van der Waals surface area contributed by atoms with Crippen LogP contribution in [0.5, 0.6) is 5.75 Å². The van der Waals surface area contributed by atoms with Crippen LogP contribution in [0.4, 0.5) is 0 Å². The maximum absolute atomic E-state index is 9.44. The monoisotopic (exact) mass is 262 g/mol. The van der Waals surface area contributed by atoms with Crippen LogP contribution >= 0.6 is 0 Å². The van der Waals surface area contributed by atoms with Gasteiger partial charge in [-0.05, 0) is 38.1 Å². The van der Waals surface area contributed by atoms with Crippen molar-refractivity contribution in [3.8, 4) is 11.8 Å². The van der Waals surface area contributed by atoms with Crippen molar-refractivity contribution < 1.29 is 9.84 Å². The molecule has 0 fully saturated rings. The number of hydrogen-bond acceptors (Lipinski definition) is 4. The molecule has 0 unspecified atom stereocenters. The fourth-order valence-electron chi connectivity index (χ4n) is 2.02. The van der Waals surface area contributed by atoms with Crippen LogP contribution in [-0.4, -0.2) is 35.8 Å². The second-order valence-corrected chi connectivity index (χ2v) is 5.13. The van der Waals surface area contributed by atoms with Crippen LogP contribution in [0, 0.1) is 11.3 Å². The molecule has 1 aromatic rings. The maximum atomic E-state index is 9.44. The predicted molar refractivity (Wildman–Crippen MR) is 75.0 cm³/mol. The van der Waals surface area contributed by atoms with Gasteiger partial charge in [0.05, 0.1) is 19.3 Å². The van der Waals surface area contributed by atoms with E-state index >= 15 is 0 Å². The fraction of sp³-hybridized carbons (Fsp3) is 0.533. The smallest absolute Gasteiger partial charge is 0.136 e. The van der Waals surface area contributed by atoms with Crippen LogP contribution in [-0.2, 0) is 6.54 Å². The highest BCUT2D eigenvalue weighted by Gasteiger charge is 2.24. The van der Waals surface area contributed by atoms with Crippen molar-refractivity contribution in [2.75, 3.05) is 20.3 Å². The number of methoxy groups -OCH3 is 1. The molecule has 0 aromatic heterocycles. The molecule has 1 N–H and O–H groups in total. The minimum atomic E-state index is -0.276. The van der Waals surface area contributed by atoms with Gasteiger partial charge in [0.2, 0.25) is 0 Å².